The van der Waals surface area contributed by atoms with E-state index in [9.17, 15) is 4.79 Å². The number of carbonyl (C=O) groups excluding carboxylic acids is 1. The molecule has 0 aliphatic carbocycles. The Morgan fingerprint density at radius 2 is 1.76 bits per heavy atom. The second-order valence-corrected chi connectivity index (χ2v) is 10.1. The van der Waals surface area contributed by atoms with Crippen LogP contribution in [0.15, 0.2) is 30.9 Å². The Bertz CT molecular complexity index is 1500. The lowest BCUT2D eigenvalue weighted by atomic mass is 10.0. The average Bonchev–Trinajstić information content (AvgIpc) is 3.23. The third-order valence-corrected chi connectivity index (χ3v) is 6.89. The molecule has 0 radical (unpaired) electrons. The van der Waals surface area contributed by atoms with Crippen LogP contribution in [0, 0.1) is 13.8 Å². The monoisotopic (exact) mass is 514 g/mol. The van der Waals surface area contributed by atoms with Gasteiger partial charge in [0.1, 0.15) is 11.2 Å². The zero-order valence-electron chi connectivity index (χ0n) is 22.6. The maximum atomic E-state index is 12.5. The summed E-state index contributed by atoms with van der Waals surface area (Å²) in [4.78, 5) is 33.2. The molecule has 5 rings (SSSR count). The van der Waals surface area contributed by atoms with E-state index in [4.69, 9.17) is 10.7 Å². The van der Waals surface area contributed by atoms with Crippen LogP contribution in [0.3, 0.4) is 0 Å². The Kier molecular flexibility index (Phi) is 6.62. The van der Waals surface area contributed by atoms with Crippen molar-refractivity contribution < 1.29 is 4.79 Å². The number of anilines is 4. The Morgan fingerprint density at radius 1 is 1.08 bits per heavy atom. The molecule has 198 valence electrons. The van der Waals surface area contributed by atoms with Crippen molar-refractivity contribution >= 4 is 40.0 Å². The number of amides is 1. The highest BCUT2D eigenvalue weighted by molar-refractivity contribution is 5.99. The summed E-state index contributed by atoms with van der Waals surface area (Å²) in [7, 11) is 3.65. The molecule has 1 aliphatic rings. The first-order chi connectivity index (χ1) is 18.2. The number of fused-ring (bicyclic) bond motifs is 1. The molecule has 3 aromatic heterocycles. The maximum Gasteiger partial charge on any atom is 0.271 e. The molecule has 0 saturated carbocycles. The topological polar surface area (TPSA) is 139 Å². The number of nitrogens with one attached hydrogen (secondary N) is 3. The fraction of sp³-hybridized carbons (Fsp3) is 0.370. The highest BCUT2D eigenvalue weighted by Gasteiger charge is 2.25. The molecule has 2 unspecified atom stereocenters. The van der Waals surface area contributed by atoms with E-state index < -0.39 is 5.91 Å². The van der Waals surface area contributed by atoms with Gasteiger partial charge >= 0.3 is 0 Å². The van der Waals surface area contributed by atoms with Crippen LogP contribution in [0.1, 0.15) is 35.5 Å². The SMILES string of the molecule is CNc1nc(Nc2cc(C)c(N3CC(C)NC(C)C3)c(C)c2)c(C(N)=O)nc1-c1cncc2c1ncn2C. The third-order valence-electron chi connectivity index (χ3n) is 6.89. The van der Waals surface area contributed by atoms with Crippen molar-refractivity contribution in [2.24, 2.45) is 12.8 Å². The number of carbonyl (C=O) groups is 1. The van der Waals surface area contributed by atoms with Gasteiger partial charge in [-0.15, -0.1) is 0 Å². The van der Waals surface area contributed by atoms with E-state index >= 15 is 0 Å². The van der Waals surface area contributed by atoms with Crippen LogP contribution < -0.4 is 26.6 Å². The van der Waals surface area contributed by atoms with Crippen molar-refractivity contribution in [2.45, 2.75) is 39.8 Å². The van der Waals surface area contributed by atoms with E-state index in [1.807, 2.05) is 11.6 Å². The zero-order chi connectivity index (χ0) is 27.1. The number of pyridine rings is 1. The smallest absolute Gasteiger partial charge is 0.271 e. The van der Waals surface area contributed by atoms with Crippen LogP contribution in [0.2, 0.25) is 0 Å². The van der Waals surface area contributed by atoms with Gasteiger partial charge in [-0.05, 0) is 51.0 Å². The number of aromatic nitrogens is 5. The molecule has 4 aromatic rings. The first-order valence-electron chi connectivity index (χ1n) is 12.7. The lowest BCUT2D eigenvalue weighted by molar-refractivity contribution is 0.0996. The minimum Gasteiger partial charge on any atom is -0.371 e. The molecule has 11 heteroatoms. The standard InChI is InChI=1S/C27H34N10O/c1-14-7-18(8-15(2)24(14)37-11-16(3)32-17(4)12-37)33-27-23(25(28)38)34-22(26(29-5)35-27)19-9-30-10-20-21(19)31-13-36(20)6/h7-10,13,16-17,32H,11-12H2,1-6H3,(H2,28,38)(H2,29,33,35). The number of hydrogen-bond donors (Lipinski definition) is 4. The van der Waals surface area contributed by atoms with Gasteiger partial charge in [0.25, 0.3) is 5.91 Å². The molecule has 4 heterocycles. The number of rotatable bonds is 6. The van der Waals surface area contributed by atoms with Gasteiger partial charge in [-0.25, -0.2) is 15.0 Å². The average molecular weight is 515 g/mol. The van der Waals surface area contributed by atoms with E-state index in [0.29, 0.717) is 34.7 Å². The molecule has 1 saturated heterocycles. The molecule has 1 fully saturated rings. The van der Waals surface area contributed by atoms with Crippen molar-refractivity contribution in [1.29, 1.82) is 0 Å². The lowest BCUT2D eigenvalue weighted by Crippen LogP contribution is -2.54. The van der Waals surface area contributed by atoms with Crippen LogP contribution in [0.25, 0.3) is 22.3 Å². The largest absolute Gasteiger partial charge is 0.371 e. The predicted molar refractivity (Wildman–Crippen MR) is 151 cm³/mol. The summed E-state index contributed by atoms with van der Waals surface area (Å²) in [5.41, 5.74) is 12.8. The molecule has 0 bridgehead atoms. The first-order valence-corrected chi connectivity index (χ1v) is 12.7. The molecule has 1 amide bonds. The summed E-state index contributed by atoms with van der Waals surface area (Å²) in [6.07, 6.45) is 5.11. The predicted octanol–water partition coefficient (Wildman–Crippen LogP) is 3.11. The molecule has 2 atom stereocenters. The Balaban J connectivity index is 1.54. The highest BCUT2D eigenvalue weighted by Crippen LogP contribution is 2.34. The van der Waals surface area contributed by atoms with Gasteiger partial charge in [0.2, 0.25) is 0 Å². The van der Waals surface area contributed by atoms with E-state index in [2.05, 4.69) is 75.6 Å². The molecular formula is C27H34N10O. The van der Waals surface area contributed by atoms with Crippen LogP contribution >= 0.6 is 0 Å². The van der Waals surface area contributed by atoms with Gasteiger partial charge in [-0.1, -0.05) is 0 Å². The Hall–Kier alpha value is -4.25. The van der Waals surface area contributed by atoms with Crippen molar-refractivity contribution in [3.05, 3.63) is 47.7 Å². The normalized spacial score (nSPS) is 17.6. The highest BCUT2D eigenvalue weighted by atomic mass is 16.1. The quantitative estimate of drug-likeness (QED) is 0.306. The van der Waals surface area contributed by atoms with E-state index in [1.54, 1.807) is 25.8 Å². The summed E-state index contributed by atoms with van der Waals surface area (Å²) in [6.45, 7) is 10.5. The molecule has 1 aliphatic heterocycles. The van der Waals surface area contributed by atoms with Crippen LogP contribution in [0.5, 0.6) is 0 Å². The van der Waals surface area contributed by atoms with E-state index in [0.717, 1.165) is 35.4 Å². The third kappa shape index (κ3) is 4.60. The van der Waals surface area contributed by atoms with Crippen molar-refractivity contribution in [3.63, 3.8) is 0 Å². The molecule has 1 aromatic carbocycles. The number of hydrogen-bond acceptors (Lipinski definition) is 9. The number of piperazine rings is 1. The second kappa shape index (κ2) is 9.90. The summed E-state index contributed by atoms with van der Waals surface area (Å²) in [6, 6.07) is 4.96. The van der Waals surface area contributed by atoms with Gasteiger partial charge < -0.3 is 31.2 Å². The summed E-state index contributed by atoms with van der Waals surface area (Å²) < 4.78 is 1.87. The number of aryl methyl sites for hydroxylation is 3. The van der Waals surface area contributed by atoms with Gasteiger partial charge in [0.05, 0.1) is 23.6 Å². The van der Waals surface area contributed by atoms with Crippen LogP contribution in [0.4, 0.5) is 23.0 Å². The zero-order valence-corrected chi connectivity index (χ0v) is 22.6. The molecule has 5 N–H and O–H groups in total. The molecular weight excluding hydrogens is 480 g/mol. The van der Waals surface area contributed by atoms with Gasteiger partial charge in [-0.2, -0.15) is 0 Å². The molecule has 11 nitrogen and oxygen atoms in total. The number of benzene rings is 1. The van der Waals surface area contributed by atoms with Gasteiger partial charge in [-0.3, -0.25) is 9.78 Å². The van der Waals surface area contributed by atoms with Crippen LogP contribution in [-0.2, 0) is 7.05 Å². The number of imidazole rings is 1. The molecule has 38 heavy (non-hydrogen) atoms. The minimum atomic E-state index is -0.682. The van der Waals surface area contributed by atoms with Crippen LogP contribution in [-0.4, -0.2) is 62.6 Å². The lowest BCUT2D eigenvalue weighted by Gasteiger charge is -2.39. The van der Waals surface area contributed by atoms with E-state index in [1.165, 1.54) is 5.69 Å². The molecule has 0 spiro atoms. The van der Waals surface area contributed by atoms with Gasteiger partial charge in [0.15, 0.2) is 17.3 Å². The minimum absolute atomic E-state index is 0.0380. The number of nitrogens with two attached hydrogens (primary N) is 1. The van der Waals surface area contributed by atoms with Gasteiger partial charge in [0, 0.05) is 56.8 Å². The second-order valence-electron chi connectivity index (χ2n) is 10.1. The van der Waals surface area contributed by atoms with Crippen molar-refractivity contribution in [1.82, 2.24) is 29.8 Å². The fourth-order valence-corrected chi connectivity index (χ4v) is 5.45. The number of nitrogens with zero attached hydrogens (tertiary/aromatic N) is 6. The summed E-state index contributed by atoms with van der Waals surface area (Å²) in [5.74, 6) is 0.0768. The Morgan fingerprint density at radius 3 is 2.39 bits per heavy atom. The summed E-state index contributed by atoms with van der Waals surface area (Å²) >= 11 is 0. The van der Waals surface area contributed by atoms with E-state index in [-0.39, 0.29) is 11.5 Å². The number of primary amides is 1. The van der Waals surface area contributed by atoms with Crippen molar-refractivity contribution in [3.8, 4) is 11.3 Å². The Labute approximate surface area is 221 Å². The summed E-state index contributed by atoms with van der Waals surface area (Å²) in [5, 5.41) is 9.99. The first kappa shape index (κ1) is 25.4. The fourth-order valence-electron chi connectivity index (χ4n) is 5.45. The maximum absolute atomic E-state index is 12.5. The van der Waals surface area contributed by atoms with Crippen molar-refractivity contribution in [2.75, 3.05) is 35.7 Å².